The molecule has 0 aliphatic heterocycles. The lowest BCUT2D eigenvalue weighted by atomic mass is 9.92. The Labute approximate surface area is 243 Å². The highest BCUT2D eigenvalue weighted by atomic mass is 19.1. The molecular formula is C32H43FN2O6. The van der Waals surface area contributed by atoms with E-state index in [1.165, 1.54) is 6.07 Å². The number of aryl methyl sites for hydroxylation is 3. The number of hydrogen-bond donors (Lipinski definition) is 0. The van der Waals surface area contributed by atoms with Crippen molar-refractivity contribution in [3.63, 3.8) is 0 Å². The summed E-state index contributed by atoms with van der Waals surface area (Å²) in [4.78, 5) is 40.9. The van der Waals surface area contributed by atoms with Crippen molar-refractivity contribution in [1.82, 2.24) is 9.80 Å². The third kappa shape index (κ3) is 11.4. The highest BCUT2D eigenvalue weighted by Crippen LogP contribution is 2.31. The first kappa shape index (κ1) is 33.6. The molecule has 2 rings (SSSR count). The first-order chi connectivity index (χ1) is 19.3. The summed E-state index contributed by atoms with van der Waals surface area (Å²) in [5, 5.41) is 0. The van der Waals surface area contributed by atoms with Crippen LogP contribution in [0.3, 0.4) is 0 Å². The molecule has 0 radical (unpaired) electrons. The Balaban J connectivity index is 2.48. The normalized spacial score (nSPS) is 13.0. The van der Waals surface area contributed by atoms with E-state index >= 15 is 0 Å². The highest BCUT2D eigenvalue weighted by Gasteiger charge is 2.25. The van der Waals surface area contributed by atoms with Gasteiger partial charge >= 0.3 is 17.9 Å². The molecule has 0 aliphatic rings. The van der Waals surface area contributed by atoms with Gasteiger partial charge < -0.3 is 14.2 Å². The minimum atomic E-state index is -0.873. The van der Waals surface area contributed by atoms with E-state index in [0.29, 0.717) is 5.56 Å². The van der Waals surface area contributed by atoms with E-state index in [9.17, 15) is 18.8 Å². The Morgan fingerprint density at radius 3 is 2.10 bits per heavy atom. The number of nitrogens with zero attached hydrogens (tertiary/aromatic N) is 2. The lowest BCUT2D eigenvalue weighted by Crippen LogP contribution is -2.33. The van der Waals surface area contributed by atoms with Crippen LogP contribution in [0.2, 0.25) is 0 Å². The Morgan fingerprint density at radius 1 is 0.878 bits per heavy atom. The summed E-state index contributed by atoms with van der Waals surface area (Å²) in [5.74, 6) is -1.76. The van der Waals surface area contributed by atoms with E-state index < -0.39 is 30.1 Å². The van der Waals surface area contributed by atoms with Gasteiger partial charge in [-0.3, -0.25) is 24.2 Å². The molecule has 9 heteroatoms. The maximum absolute atomic E-state index is 14.0. The van der Waals surface area contributed by atoms with Crippen LogP contribution in [0.15, 0.2) is 36.4 Å². The Bertz CT molecular complexity index is 1240. The summed E-state index contributed by atoms with van der Waals surface area (Å²) in [6.07, 6.45) is 1.80. The highest BCUT2D eigenvalue weighted by molar-refractivity contribution is 5.79. The molecule has 41 heavy (non-hydrogen) atoms. The Hall–Kier alpha value is -3.56. The molecule has 2 aromatic carbocycles. The molecule has 0 unspecified atom stereocenters. The zero-order valence-electron chi connectivity index (χ0n) is 25.5. The average molecular weight is 571 g/mol. The van der Waals surface area contributed by atoms with Gasteiger partial charge in [-0.25, -0.2) is 4.39 Å². The first-order valence-electron chi connectivity index (χ1n) is 13.7. The second kappa shape index (κ2) is 16.0. The monoisotopic (exact) mass is 570 g/mol. The quantitative estimate of drug-likeness (QED) is 0.238. The molecule has 8 nitrogen and oxygen atoms in total. The SMILES string of the molecule is CCOC(=O)C[C@@H](C[C@@H](/C=C/c1c(C)cc(C)cc1-c1ccc(F)c(C)c1)OC(=O)CN(C)C)OC(=O)CN(C)C. The van der Waals surface area contributed by atoms with E-state index in [0.717, 1.165) is 27.8 Å². The molecular weight excluding hydrogens is 527 g/mol. The molecule has 0 bridgehead atoms. The first-order valence-corrected chi connectivity index (χ1v) is 13.7. The fourth-order valence-electron chi connectivity index (χ4n) is 4.40. The summed E-state index contributed by atoms with van der Waals surface area (Å²) in [6.45, 7) is 7.67. The van der Waals surface area contributed by atoms with Crippen LogP contribution in [0.5, 0.6) is 0 Å². The van der Waals surface area contributed by atoms with Crippen molar-refractivity contribution >= 4 is 24.0 Å². The minimum Gasteiger partial charge on any atom is -0.466 e. The standard InChI is InChI=1S/C32H43FN2O6/c1-9-39-30(36)18-26(41-32(38)20-35(7)8)17-25(40-31(37)19-34(5)6)11-12-27-22(3)14-21(2)15-28(27)24-10-13-29(33)23(4)16-24/h10-16,25-26H,9,17-20H2,1-8H3/b12-11+/t25-,26-/m1/s1. The molecule has 0 spiro atoms. The summed E-state index contributed by atoms with van der Waals surface area (Å²) in [5.41, 5.74) is 5.20. The molecule has 2 aromatic rings. The molecule has 0 heterocycles. The van der Waals surface area contributed by atoms with Gasteiger partial charge in [-0.1, -0.05) is 29.8 Å². The van der Waals surface area contributed by atoms with Gasteiger partial charge in [0.1, 0.15) is 18.0 Å². The van der Waals surface area contributed by atoms with Gasteiger partial charge in [0.2, 0.25) is 0 Å². The van der Waals surface area contributed by atoms with E-state index in [4.69, 9.17) is 14.2 Å². The van der Waals surface area contributed by atoms with Gasteiger partial charge in [0, 0.05) is 6.42 Å². The summed E-state index contributed by atoms with van der Waals surface area (Å²) >= 11 is 0. The minimum absolute atomic E-state index is 0.0310. The topological polar surface area (TPSA) is 85.4 Å². The van der Waals surface area contributed by atoms with E-state index in [2.05, 4.69) is 0 Å². The number of carbonyl (C=O) groups is 3. The molecule has 0 amide bonds. The predicted octanol–water partition coefficient (Wildman–Crippen LogP) is 4.72. The van der Waals surface area contributed by atoms with Crippen LogP contribution in [-0.2, 0) is 28.6 Å². The second-order valence-electron chi connectivity index (χ2n) is 10.7. The lowest BCUT2D eigenvalue weighted by Gasteiger charge is -2.23. The third-order valence-electron chi connectivity index (χ3n) is 6.14. The van der Waals surface area contributed by atoms with Crippen molar-refractivity contribution < 1.29 is 33.0 Å². The molecule has 0 fully saturated rings. The molecule has 0 aromatic heterocycles. The van der Waals surface area contributed by atoms with Crippen LogP contribution >= 0.6 is 0 Å². The third-order valence-corrected chi connectivity index (χ3v) is 6.14. The number of likely N-dealkylation sites (N-methyl/N-ethyl adjacent to an activating group) is 2. The van der Waals surface area contributed by atoms with E-state index in [-0.39, 0.29) is 38.4 Å². The summed E-state index contributed by atoms with van der Waals surface area (Å²) < 4.78 is 30.5. The molecule has 224 valence electrons. The maximum atomic E-state index is 14.0. The van der Waals surface area contributed by atoms with E-state index in [1.54, 1.807) is 70.0 Å². The van der Waals surface area contributed by atoms with Crippen molar-refractivity contribution in [2.24, 2.45) is 0 Å². The van der Waals surface area contributed by atoms with Crippen molar-refractivity contribution in [2.75, 3.05) is 47.9 Å². The van der Waals surface area contributed by atoms with Gasteiger partial charge in [0.25, 0.3) is 0 Å². The zero-order valence-corrected chi connectivity index (χ0v) is 25.5. The Morgan fingerprint density at radius 2 is 1.51 bits per heavy atom. The van der Waals surface area contributed by atoms with Crippen molar-refractivity contribution in [1.29, 1.82) is 0 Å². The lowest BCUT2D eigenvalue weighted by molar-refractivity contribution is -0.158. The largest absolute Gasteiger partial charge is 0.466 e. The fourth-order valence-corrected chi connectivity index (χ4v) is 4.40. The van der Waals surface area contributed by atoms with Crippen LogP contribution < -0.4 is 0 Å². The van der Waals surface area contributed by atoms with Gasteiger partial charge in [-0.2, -0.15) is 0 Å². The van der Waals surface area contributed by atoms with Crippen molar-refractivity contribution in [3.8, 4) is 11.1 Å². The van der Waals surface area contributed by atoms with Crippen LogP contribution in [0, 0.1) is 26.6 Å². The number of benzene rings is 2. The summed E-state index contributed by atoms with van der Waals surface area (Å²) in [6, 6.07) is 9.05. The van der Waals surface area contributed by atoms with Crippen LogP contribution in [0.25, 0.3) is 17.2 Å². The van der Waals surface area contributed by atoms with Gasteiger partial charge in [0.15, 0.2) is 0 Å². The van der Waals surface area contributed by atoms with Crippen molar-refractivity contribution in [2.45, 2.75) is 52.7 Å². The number of carbonyl (C=O) groups excluding carboxylic acids is 3. The molecule has 2 atom stereocenters. The van der Waals surface area contributed by atoms with E-state index in [1.807, 2.05) is 32.1 Å². The van der Waals surface area contributed by atoms with Crippen LogP contribution in [0.1, 0.15) is 42.0 Å². The van der Waals surface area contributed by atoms with Gasteiger partial charge in [0.05, 0.1) is 26.1 Å². The molecule has 0 N–H and O–H groups in total. The Kier molecular flexibility index (Phi) is 13.2. The maximum Gasteiger partial charge on any atom is 0.320 e. The molecule has 0 saturated carbocycles. The smallest absolute Gasteiger partial charge is 0.320 e. The van der Waals surface area contributed by atoms with Gasteiger partial charge in [-0.05, 0) is 102 Å². The zero-order chi connectivity index (χ0) is 30.7. The van der Waals surface area contributed by atoms with Crippen LogP contribution in [0.4, 0.5) is 4.39 Å². The van der Waals surface area contributed by atoms with Crippen LogP contribution in [-0.4, -0.2) is 87.8 Å². The predicted molar refractivity (Wildman–Crippen MR) is 158 cm³/mol. The average Bonchev–Trinajstić information content (AvgIpc) is 2.83. The number of esters is 3. The fraction of sp³-hybridized carbons (Fsp3) is 0.469. The molecule has 0 aliphatic carbocycles. The number of rotatable bonds is 14. The van der Waals surface area contributed by atoms with Crippen molar-refractivity contribution in [3.05, 3.63) is 64.5 Å². The van der Waals surface area contributed by atoms with Gasteiger partial charge in [-0.15, -0.1) is 0 Å². The number of hydrogen-bond acceptors (Lipinski definition) is 8. The number of halogens is 1. The number of ether oxygens (including phenoxy) is 3. The summed E-state index contributed by atoms with van der Waals surface area (Å²) in [7, 11) is 6.98. The molecule has 0 saturated heterocycles. The second-order valence-corrected chi connectivity index (χ2v) is 10.7.